The first-order valence-electron chi connectivity index (χ1n) is 8.11. The Kier molecular flexibility index (Phi) is 5.40. The predicted molar refractivity (Wildman–Crippen MR) is 89.2 cm³/mol. The lowest BCUT2D eigenvalue weighted by Crippen LogP contribution is -2.48. The Morgan fingerprint density at radius 3 is 2.87 bits per heavy atom. The molecule has 0 spiro atoms. The SMILES string of the molecule is CCCN1CCN(C(=O)CCc2nc(-c3ccsc3)no2)CC1. The fourth-order valence-electron chi connectivity index (χ4n) is 2.77. The summed E-state index contributed by atoms with van der Waals surface area (Å²) in [4.78, 5) is 21.0. The van der Waals surface area contributed by atoms with E-state index in [2.05, 4.69) is 22.0 Å². The standard InChI is InChI=1S/C16H22N4O2S/c1-2-6-19-7-9-20(10-8-19)15(21)4-3-14-17-16(18-22-14)13-5-11-23-12-13/h5,11-12H,2-4,6-10H2,1H3. The van der Waals surface area contributed by atoms with Crippen molar-refractivity contribution in [2.24, 2.45) is 0 Å². The van der Waals surface area contributed by atoms with Gasteiger partial charge in [-0.1, -0.05) is 12.1 Å². The average molecular weight is 334 g/mol. The third-order valence-corrected chi connectivity index (χ3v) is 4.75. The molecule has 0 saturated carbocycles. The van der Waals surface area contributed by atoms with Gasteiger partial charge in [0.05, 0.1) is 0 Å². The molecule has 3 rings (SSSR count). The zero-order chi connectivity index (χ0) is 16.1. The number of hydrogen-bond donors (Lipinski definition) is 0. The van der Waals surface area contributed by atoms with Crippen LogP contribution in [0.25, 0.3) is 11.4 Å². The maximum Gasteiger partial charge on any atom is 0.227 e. The lowest BCUT2D eigenvalue weighted by Gasteiger charge is -2.34. The third-order valence-electron chi connectivity index (χ3n) is 4.07. The van der Waals surface area contributed by atoms with E-state index in [0.717, 1.165) is 44.7 Å². The number of piperazine rings is 1. The van der Waals surface area contributed by atoms with Crippen LogP contribution in [0.4, 0.5) is 0 Å². The zero-order valence-electron chi connectivity index (χ0n) is 13.4. The van der Waals surface area contributed by atoms with Crippen LogP contribution in [0.15, 0.2) is 21.3 Å². The smallest absolute Gasteiger partial charge is 0.227 e. The normalized spacial score (nSPS) is 16.0. The number of nitrogens with zero attached hydrogens (tertiary/aromatic N) is 4. The molecule has 23 heavy (non-hydrogen) atoms. The average Bonchev–Trinajstić information content (AvgIpc) is 3.25. The molecule has 0 bridgehead atoms. The molecule has 124 valence electrons. The third kappa shape index (κ3) is 4.17. The molecule has 1 amide bonds. The van der Waals surface area contributed by atoms with Crippen LogP contribution in [0.2, 0.25) is 0 Å². The number of amides is 1. The van der Waals surface area contributed by atoms with Crippen molar-refractivity contribution in [2.45, 2.75) is 26.2 Å². The van der Waals surface area contributed by atoms with Gasteiger partial charge in [-0.05, 0) is 24.4 Å². The second kappa shape index (κ2) is 7.70. The number of rotatable bonds is 6. The molecule has 3 heterocycles. The summed E-state index contributed by atoms with van der Waals surface area (Å²) < 4.78 is 5.24. The molecule has 1 aliphatic rings. The number of hydrogen-bond acceptors (Lipinski definition) is 6. The molecule has 0 aromatic carbocycles. The molecule has 0 radical (unpaired) electrons. The van der Waals surface area contributed by atoms with E-state index < -0.39 is 0 Å². The van der Waals surface area contributed by atoms with Crippen LogP contribution in [0.3, 0.4) is 0 Å². The molecule has 6 nitrogen and oxygen atoms in total. The maximum absolute atomic E-state index is 12.3. The second-order valence-electron chi connectivity index (χ2n) is 5.75. The fourth-order valence-corrected chi connectivity index (χ4v) is 3.41. The van der Waals surface area contributed by atoms with Crippen molar-refractivity contribution in [3.05, 3.63) is 22.7 Å². The summed E-state index contributed by atoms with van der Waals surface area (Å²) in [5, 5.41) is 7.93. The van der Waals surface area contributed by atoms with E-state index in [-0.39, 0.29) is 5.91 Å². The molecule has 1 aliphatic heterocycles. The highest BCUT2D eigenvalue weighted by Gasteiger charge is 2.21. The Morgan fingerprint density at radius 1 is 1.35 bits per heavy atom. The minimum absolute atomic E-state index is 0.177. The van der Waals surface area contributed by atoms with Gasteiger partial charge in [-0.25, -0.2) is 0 Å². The van der Waals surface area contributed by atoms with Gasteiger partial charge in [0.15, 0.2) is 0 Å². The van der Waals surface area contributed by atoms with Crippen molar-refractivity contribution < 1.29 is 9.32 Å². The molecule has 7 heteroatoms. The summed E-state index contributed by atoms with van der Waals surface area (Å²) in [5.74, 6) is 1.31. The molecule has 2 aromatic heterocycles. The van der Waals surface area contributed by atoms with Crippen LogP contribution in [-0.4, -0.2) is 58.6 Å². The van der Waals surface area contributed by atoms with Crippen LogP contribution < -0.4 is 0 Å². The van der Waals surface area contributed by atoms with E-state index in [9.17, 15) is 4.79 Å². The molecular formula is C16H22N4O2S. The van der Waals surface area contributed by atoms with Gasteiger partial charge in [0.2, 0.25) is 17.6 Å². The lowest BCUT2D eigenvalue weighted by molar-refractivity contribution is -0.133. The summed E-state index contributed by atoms with van der Waals surface area (Å²) in [6.07, 6.45) is 2.10. The van der Waals surface area contributed by atoms with Gasteiger partial charge >= 0.3 is 0 Å². The Labute approximate surface area is 140 Å². The van der Waals surface area contributed by atoms with Crippen molar-refractivity contribution in [3.8, 4) is 11.4 Å². The van der Waals surface area contributed by atoms with Crippen LogP contribution >= 0.6 is 11.3 Å². The monoisotopic (exact) mass is 334 g/mol. The molecule has 1 saturated heterocycles. The lowest BCUT2D eigenvalue weighted by atomic mass is 10.2. The van der Waals surface area contributed by atoms with E-state index in [4.69, 9.17) is 4.52 Å². The molecule has 1 fully saturated rings. The van der Waals surface area contributed by atoms with Gasteiger partial charge < -0.3 is 9.42 Å². The van der Waals surface area contributed by atoms with Gasteiger partial charge in [-0.2, -0.15) is 16.3 Å². The van der Waals surface area contributed by atoms with Crippen LogP contribution in [0.5, 0.6) is 0 Å². The van der Waals surface area contributed by atoms with Crippen molar-refractivity contribution >= 4 is 17.2 Å². The van der Waals surface area contributed by atoms with E-state index >= 15 is 0 Å². The van der Waals surface area contributed by atoms with Crippen molar-refractivity contribution in [2.75, 3.05) is 32.7 Å². The summed E-state index contributed by atoms with van der Waals surface area (Å²) in [6.45, 7) is 6.90. The highest BCUT2D eigenvalue weighted by atomic mass is 32.1. The minimum atomic E-state index is 0.177. The van der Waals surface area contributed by atoms with Crippen LogP contribution in [-0.2, 0) is 11.2 Å². The number of carbonyl (C=O) groups is 1. The highest BCUT2D eigenvalue weighted by Crippen LogP contribution is 2.19. The molecule has 0 unspecified atom stereocenters. The Morgan fingerprint density at radius 2 is 2.17 bits per heavy atom. The quantitative estimate of drug-likeness (QED) is 0.811. The van der Waals surface area contributed by atoms with Gasteiger partial charge in [0.25, 0.3) is 0 Å². The van der Waals surface area contributed by atoms with Crippen molar-refractivity contribution in [1.29, 1.82) is 0 Å². The van der Waals surface area contributed by atoms with E-state index in [0.29, 0.717) is 24.6 Å². The molecule has 2 aromatic rings. The summed E-state index contributed by atoms with van der Waals surface area (Å²) in [5.41, 5.74) is 0.961. The van der Waals surface area contributed by atoms with Crippen LogP contribution in [0.1, 0.15) is 25.7 Å². The first-order chi connectivity index (χ1) is 11.3. The predicted octanol–water partition coefficient (Wildman–Crippen LogP) is 2.28. The maximum atomic E-state index is 12.3. The summed E-state index contributed by atoms with van der Waals surface area (Å²) >= 11 is 1.60. The Balaban J connectivity index is 1.46. The summed E-state index contributed by atoms with van der Waals surface area (Å²) in [7, 11) is 0. The number of aryl methyl sites for hydroxylation is 1. The number of aromatic nitrogens is 2. The fraction of sp³-hybridized carbons (Fsp3) is 0.562. The van der Waals surface area contributed by atoms with E-state index in [1.165, 1.54) is 0 Å². The Bertz CT molecular complexity index is 618. The van der Waals surface area contributed by atoms with Gasteiger partial charge in [0, 0.05) is 50.0 Å². The Hall–Kier alpha value is -1.73. The molecule has 0 aliphatic carbocycles. The first-order valence-corrected chi connectivity index (χ1v) is 9.06. The molecule has 0 atom stereocenters. The van der Waals surface area contributed by atoms with Crippen LogP contribution in [0, 0.1) is 0 Å². The second-order valence-corrected chi connectivity index (χ2v) is 6.53. The van der Waals surface area contributed by atoms with Gasteiger partial charge in [0.1, 0.15) is 0 Å². The van der Waals surface area contributed by atoms with Crippen molar-refractivity contribution in [1.82, 2.24) is 19.9 Å². The molecule has 0 N–H and O–H groups in total. The van der Waals surface area contributed by atoms with Crippen molar-refractivity contribution in [3.63, 3.8) is 0 Å². The highest BCUT2D eigenvalue weighted by molar-refractivity contribution is 7.08. The number of carbonyl (C=O) groups excluding carboxylic acids is 1. The van der Waals surface area contributed by atoms with E-state index in [1.807, 2.05) is 21.7 Å². The summed E-state index contributed by atoms with van der Waals surface area (Å²) in [6, 6.07) is 1.96. The first kappa shape index (κ1) is 16.1. The largest absolute Gasteiger partial charge is 0.340 e. The molecular weight excluding hydrogens is 312 g/mol. The van der Waals surface area contributed by atoms with Gasteiger partial charge in [-0.15, -0.1) is 0 Å². The topological polar surface area (TPSA) is 62.5 Å². The van der Waals surface area contributed by atoms with E-state index in [1.54, 1.807) is 11.3 Å². The minimum Gasteiger partial charge on any atom is -0.340 e. The van der Waals surface area contributed by atoms with Gasteiger partial charge in [-0.3, -0.25) is 9.69 Å². The zero-order valence-corrected chi connectivity index (χ0v) is 14.2. The number of thiophene rings is 1.